The highest BCUT2D eigenvalue weighted by Gasteiger charge is 2.32. The van der Waals surface area contributed by atoms with Crippen molar-refractivity contribution in [3.05, 3.63) is 0 Å². The second kappa shape index (κ2) is 7.01. The Morgan fingerprint density at radius 1 is 0.706 bits per heavy atom. The van der Waals surface area contributed by atoms with Crippen LogP contribution in [0.15, 0.2) is 0 Å². The van der Waals surface area contributed by atoms with Crippen molar-refractivity contribution in [2.45, 2.75) is 74.1 Å². The van der Waals surface area contributed by atoms with Gasteiger partial charge in [-0.3, -0.25) is 0 Å². The van der Waals surface area contributed by atoms with Crippen molar-refractivity contribution < 1.29 is 9.47 Å². The minimum Gasteiger partial charge on any atom is -0.380 e. The highest BCUT2D eigenvalue weighted by molar-refractivity contribution is 8.00. The molecule has 2 aliphatic carbocycles. The van der Waals surface area contributed by atoms with E-state index >= 15 is 0 Å². The van der Waals surface area contributed by atoms with E-state index in [2.05, 4.69) is 11.8 Å². The average Bonchev–Trinajstić information content (AvgIpc) is 2.40. The van der Waals surface area contributed by atoms with Gasteiger partial charge in [-0.15, -0.1) is 11.8 Å². The Kier molecular flexibility index (Phi) is 5.64. The van der Waals surface area contributed by atoms with Crippen LogP contribution in [0.3, 0.4) is 0 Å². The fraction of sp³-hybridized carbons (Fsp3) is 1.00. The first-order valence-electron chi connectivity index (χ1n) is 7.06. The van der Waals surface area contributed by atoms with E-state index in [0.717, 1.165) is 0 Å². The zero-order chi connectivity index (χ0) is 12.1. The van der Waals surface area contributed by atoms with E-state index in [9.17, 15) is 0 Å². The van der Waals surface area contributed by atoms with E-state index in [4.69, 9.17) is 9.47 Å². The van der Waals surface area contributed by atoms with Crippen molar-refractivity contribution in [3.8, 4) is 0 Å². The van der Waals surface area contributed by atoms with Crippen molar-refractivity contribution in [3.63, 3.8) is 0 Å². The molecule has 3 heteroatoms. The molecule has 2 aliphatic rings. The molecule has 0 aliphatic heterocycles. The molecule has 2 rings (SSSR count). The lowest BCUT2D eigenvalue weighted by atomic mass is 9.96. The zero-order valence-electron chi connectivity index (χ0n) is 11.2. The maximum absolute atomic E-state index is 5.65. The maximum Gasteiger partial charge on any atom is 0.0689 e. The molecule has 0 aromatic carbocycles. The summed E-state index contributed by atoms with van der Waals surface area (Å²) >= 11 is 2.16. The third-order valence-electron chi connectivity index (χ3n) is 4.24. The molecule has 100 valence electrons. The van der Waals surface area contributed by atoms with Crippen LogP contribution in [-0.4, -0.2) is 36.9 Å². The minimum atomic E-state index is 0.480. The monoisotopic (exact) mass is 258 g/mol. The molecular weight excluding hydrogens is 232 g/mol. The van der Waals surface area contributed by atoms with Gasteiger partial charge in [0.15, 0.2) is 0 Å². The van der Waals surface area contributed by atoms with Crippen LogP contribution in [0, 0.1) is 0 Å². The Balaban J connectivity index is 1.88. The van der Waals surface area contributed by atoms with E-state index in [1.54, 1.807) is 0 Å². The summed E-state index contributed by atoms with van der Waals surface area (Å²) in [5, 5.41) is 1.41. The topological polar surface area (TPSA) is 18.5 Å². The molecule has 0 N–H and O–H groups in total. The molecule has 0 amide bonds. The number of hydrogen-bond acceptors (Lipinski definition) is 3. The number of ether oxygens (including phenoxy) is 2. The molecule has 0 aromatic heterocycles. The Labute approximate surface area is 110 Å². The average molecular weight is 258 g/mol. The molecule has 0 aromatic rings. The summed E-state index contributed by atoms with van der Waals surface area (Å²) in [4.78, 5) is 0. The molecule has 4 atom stereocenters. The van der Waals surface area contributed by atoms with Gasteiger partial charge < -0.3 is 9.47 Å². The molecule has 0 radical (unpaired) electrons. The molecule has 0 spiro atoms. The van der Waals surface area contributed by atoms with Crippen molar-refractivity contribution in [2.75, 3.05) is 14.2 Å². The highest BCUT2D eigenvalue weighted by atomic mass is 32.2. The number of hydrogen-bond donors (Lipinski definition) is 0. The zero-order valence-corrected chi connectivity index (χ0v) is 12.0. The van der Waals surface area contributed by atoms with Crippen LogP contribution in [-0.2, 0) is 9.47 Å². The van der Waals surface area contributed by atoms with Crippen LogP contribution in [0.1, 0.15) is 51.4 Å². The first-order chi connectivity index (χ1) is 8.35. The molecular formula is C14H26O2S. The molecule has 0 saturated heterocycles. The summed E-state index contributed by atoms with van der Waals surface area (Å²) in [5.74, 6) is 0. The van der Waals surface area contributed by atoms with Gasteiger partial charge in [-0.2, -0.15) is 0 Å². The van der Waals surface area contributed by atoms with E-state index in [1.165, 1.54) is 51.4 Å². The lowest BCUT2D eigenvalue weighted by Crippen LogP contribution is -2.36. The van der Waals surface area contributed by atoms with Crippen LogP contribution in [0.5, 0.6) is 0 Å². The van der Waals surface area contributed by atoms with Crippen LogP contribution in [0.4, 0.5) is 0 Å². The van der Waals surface area contributed by atoms with Gasteiger partial charge in [-0.05, 0) is 25.7 Å². The number of rotatable bonds is 4. The fourth-order valence-electron chi connectivity index (χ4n) is 3.20. The van der Waals surface area contributed by atoms with Crippen molar-refractivity contribution in [2.24, 2.45) is 0 Å². The van der Waals surface area contributed by atoms with Crippen LogP contribution in [0.2, 0.25) is 0 Å². The Bertz CT molecular complexity index is 200. The van der Waals surface area contributed by atoms with Gasteiger partial charge in [0, 0.05) is 24.7 Å². The van der Waals surface area contributed by atoms with E-state index in [0.29, 0.717) is 22.7 Å². The maximum atomic E-state index is 5.65. The molecule has 4 unspecified atom stereocenters. The van der Waals surface area contributed by atoms with E-state index in [-0.39, 0.29) is 0 Å². The van der Waals surface area contributed by atoms with Crippen LogP contribution < -0.4 is 0 Å². The van der Waals surface area contributed by atoms with Crippen molar-refractivity contribution in [1.82, 2.24) is 0 Å². The first-order valence-corrected chi connectivity index (χ1v) is 8.00. The predicted octanol–water partition coefficient (Wildman–Crippen LogP) is 3.63. The van der Waals surface area contributed by atoms with Gasteiger partial charge in [0.25, 0.3) is 0 Å². The third-order valence-corrected chi connectivity index (χ3v) is 6.02. The SMILES string of the molecule is COC1CCCCC1SC1CCCCC1OC. The molecule has 17 heavy (non-hydrogen) atoms. The third kappa shape index (κ3) is 3.62. The lowest BCUT2D eigenvalue weighted by Gasteiger charge is -2.36. The summed E-state index contributed by atoms with van der Waals surface area (Å²) in [6.45, 7) is 0. The standard InChI is InChI=1S/C14H26O2S/c1-15-11-7-3-5-9-13(11)17-14-10-6-4-8-12(14)16-2/h11-14H,3-10H2,1-2H3. The first kappa shape index (κ1) is 13.7. The Hall–Kier alpha value is 0.270. The summed E-state index contributed by atoms with van der Waals surface area (Å²) in [6.07, 6.45) is 11.6. The quantitative estimate of drug-likeness (QED) is 0.767. The van der Waals surface area contributed by atoms with Gasteiger partial charge in [0.1, 0.15) is 0 Å². The largest absolute Gasteiger partial charge is 0.380 e. The van der Waals surface area contributed by atoms with Gasteiger partial charge in [0.2, 0.25) is 0 Å². The van der Waals surface area contributed by atoms with Crippen molar-refractivity contribution in [1.29, 1.82) is 0 Å². The van der Waals surface area contributed by atoms with Crippen LogP contribution in [0.25, 0.3) is 0 Å². The van der Waals surface area contributed by atoms with Gasteiger partial charge >= 0.3 is 0 Å². The summed E-state index contributed by atoms with van der Waals surface area (Å²) in [7, 11) is 3.75. The molecule has 2 fully saturated rings. The predicted molar refractivity (Wildman–Crippen MR) is 73.7 cm³/mol. The summed E-state index contributed by atoms with van der Waals surface area (Å²) < 4.78 is 11.3. The summed E-state index contributed by atoms with van der Waals surface area (Å²) in [6, 6.07) is 0. The number of methoxy groups -OCH3 is 2. The number of thioether (sulfide) groups is 1. The van der Waals surface area contributed by atoms with Gasteiger partial charge in [-0.25, -0.2) is 0 Å². The van der Waals surface area contributed by atoms with Crippen LogP contribution >= 0.6 is 11.8 Å². The molecule has 0 heterocycles. The van der Waals surface area contributed by atoms with E-state index < -0.39 is 0 Å². The second-order valence-electron chi connectivity index (χ2n) is 5.33. The van der Waals surface area contributed by atoms with Gasteiger partial charge in [-0.1, -0.05) is 25.7 Å². The molecule has 0 bridgehead atoms. The van der Waals surface area contributed by atoms with E-state index in [1.807, 2.05) is 14.2 Å². The Morgan fingerprint density at radius 3 is 1.53 bits per heavy atom. The Morgan fingerprint density at radius 2 is 1.12 bits per heavy atom. The second-order valence-corrected chi connectivity index (χ2v) is 6.81. The van der Waals surface area contributed by atoms with Gasteiger partial charge in [0.05, 0.1) is 12.2 Å². The normalized spacial score (nSPS) is 39.2. The minimum absolute atomic E-state index is 0.480. The lowest BCUT2D eigenvalue weighted by molar-refractivity contribution is 0.0685. The summed E-state index contributed by atoms with van der Waals surface area (Å²) in [5.41, 5.74) is 0. The fourth-order valence-corrected chi connectivity index (χ4v) is 5.10. The highest BCUT2D eigenvalue weighted by Crippen LogP contribution is 2.38. The van der Waals surface area contributed by atoms with Crippen molar-refractivity contribution >= 4 is 11.8 Å². The molecule has 2 saturated carbocycles. The molecule has 2 nitrogen and oxygen atoms in total. The smallest absolute Gasteiger partial charge is 0.0689 e.